The van der Waals surface area contributed by atoms with Crippen molar-refractivity contribution in [3.63, 3.8) is 0 Å². The summed E-state index contributed by atoms with van der Waals surface area (Å²) in [4.78, 5) is 4.12. The van der Waals surface area contributed by atoms with Gasteiger partial charge in [0.05, 0.1) is 12.3 Å². The molecule has 2 rings (SSSR count). The first-order valence-corrected chi connectivity index (χ1v) is 5.53. The highest BCUT2D eigenvalue weighted by Crippen LogP contribution is 2.23. The average Bonchev–Trinajstić information content (AvgIpc) is 2.29. The molecule has 0 amide bonds. The van der Waals surface area contributed by atoms with Crippen molar-refractivity contribution in [2.75, 3.05) is 0 Å². The summed E-state index contributed by atoms with van der Waals surface area (Å²) in [6.07, 6.45) is 3.52. The first-order valence-electron chi connectivity index (χ1n) is 5.53. The van der Waals surface area contributed by atoms with Crippen molar-refractivity contribution < 1.29 is 9.13 Å². The molecule has 0 bridgehead atoms. The molecule has 0 aliphatic carbocycles. The van der Waals surface area contributed by atoms with Crippen LogP contribution in [0.4, 0.5) is 4.39 Å². The van der Waals surface area contributed by atoms with E-state index in [4.69, 9.17) is 4.74 Å². The monoisotopic (exact) mass is 231 g/mol. The maximum atomic E-state index is 12.8. The van der Waals surface area contributed by atoms with E-state index in [1.54, 1.807) is 24.5 Å². The summed E-state index contributed by atoms with van der Waals surface area (Å²) < 4.78 is 18.4. The molecule has 0 aliphatic rings. The van der Waals surface area contributed by atoms with Gasteiger partial charge < -0.3 is 4.74 Å². The van der Waals surface area contributed by atoms with Gasteiger partial charge in [0, 0.05) is 11.8 Å². The highest BCUT2D eigenvalue weighted by Gasteiger charge is 2.02. The van der Waals surface area contributed by atoms with Gasteiger partial charge in [-0.15, -0.1) is 0 Å². The van der Waals surface area contributed by atoms with Crippen LogP contribution < -0.4 is 4.74 Å². The molecular formula is C14H14FNO. The molecule has 0 unspecified atom stereocenters. The maximum absolute atomic E-state index is 12.8. The summed E-state index contributed by atoms with van der Waals surface area (Å²) in [6, 6.07) is 8.23. The summed E-state index contributed by atoms with van der Waals surface area (Å²) in [7, 11) is 0. The van der Waals surface area contributed by atoms with Crippen LogP contribution in [0.2, 0.25) is 0 Å². The quantitative estimate of drug-likeness (QED) is 0.804. The number of benzene rings is 1. The van der Waals surface area contributed by atoms with Crippen molar-refractivity contribution >= 4 is 0 Å². The Morgan fingerprint density at radius 3 is 2.41 bits per heavy atom. The summed E-state index contributed by atoms with van der Waals surface area (Å²) in [5, 5.41) is 0. The van der Waals surface area contributed by atoms with Gasteiger partial charge in [-0.05, 0) is 37.6 Å². The van der Waals surface area contributed by atoms with E-state index < -0.39 is 0 Å². The van der Waals surface area contributed by atoms with Gasteiger partial charge in [0.15, 0.2) is 0 Å². The molecule has 1 aromatic heterocycles. The molecule has 88 valence electrons. The smallest absolute Gasteiger partial charge is 0.138 e. The minimum absolute atomic E-state index is 0.111. The van der Waals surface area contributed by atoms with E-state index in [0.717, 1.165) is 16.9 Å². The lowest BCUT2D eigenvalue weighted by molar-refractivity contribution is 0.241. The van der Waals surface area contributed by atoms with Crippen molar-refractivity contribution in [2.45, 2.75) is 20.0 Å². The third-order valence-corrected chi connectivity index (χ3v) is 2.26. The molecule has 0 spiro atoms. The van der Waals surface area contributed by atoms with E-state index in [2.05, 4.69) is 4.98 Å². The fourth-order valence-corrected chi connectivity index (χ4v) is 1.56. The Bertz CT molecular complexity index is 494. The van der Waals surface area contributed by atoms with Gasteiger partial charge in [-0.1, -0.05) is 12.1 Å². The molecule has 2 aromatic rings. The number of aromatic nitrogens is 1. The molecule has 1 aromatic carbocycles. The Balaban J connectivity index is 2.29. The van der Waals surface area contributed by atoms with Crippen LogP contribution in [0, 0.1) is 5.82 Å². The van der Waals surface area contributed by atoms with E-state index in [-0.39, 0.29) is 11.9 Å². The van der Waals surface area contributed by atoms with Crippen LogP contribution in [0.1, 0.15) is 13.8 Å². The third-order valence-electron chi connectivity index (χ3n) is 2.26. The lowest BCUT2D eigenvalue weighted by Crippen LogP contribution is -2.05. The van der Waals surface area contributed by atoms with Gasteiger partial charge in [0.25, 0.3) is 0 Å². The molecule has 0 saturated heterocycles. The molecule has 2 nitrogen and oxygen atoms in total. The highest BCUT2D eigenvalue weighted by molar-refractivity contribution is 5.63. The number of pyridine rings is 1. The van der Waals surface area contributed by atoms with Crippen molar-refractivity contribution in [1.82, 2.24) is 4.98 Å². The van der Waals surface area contributed by atoms with Crippen molar-refractivity contribution in [1.29, 1.82) is 0 Å². The van der Waals surface area contributed by atoms with Gasteiger partial charge in [-0.3, -0.25) is 4.98 Å². The largest absolute Gasteiger partial charge is 0.489 e. The standard InChI is InChI=1S/C14H14FNO/c1-10(2)17-14-7-12(8-16-9-14)11-3-5-13(15)6-4-11/h3-10H,1-2H3. The first kappa shape index (κ1) is 11.6. The summed E-state index contributed by atoms with van der Waals surface area (Å²) in [6.45, 7) is 3.93. The molecule has 0 atom stereocenters. The van der Waals surface area contributed by atoms with E-state index in [1.165, 1.54) is 12.1 Å². The third kappa shape index (κ3) is 3.03. The summed E-state index contributed by atoms with van der Waals surface area (Å²) in [5.41, 5.74) is 1.84. The van der Waals surface area contributed by atoms with Crippen molar-refractivity contribution in [3.8, 4) is 16.9 Å². The minimum atomic E-state index is -0.240. The van der Waals surface area contributed by atoms with Gasteiger partial charge in [-0.2, -0.15) is 0 Å². The van der Waals surface area contributed by atoms with Gasteiger partial charge in [0.1, 0.15) is 11.6 Å². The van der Waals surface area contributed by atoms with Crippen LogP contribution in [-0.2, 0) is 0 Å². The topological polar surface area (TPSA) is 22.1 Å². The maximum Gasteiger partial charge on any atom is 0.138 e. The molecule has 17 heavy (non-hydrogen) atoms. The predicted octanol–water partition coefficient (Wildman–Crippen LogP) is 3.67. The Morgan fingerprint density at radius 2 is 1.76 bits per heavy atom. The minimum Gasteiger partial charge on any atom is -0.489 e. The molecular weight excluding hydrogens is 217 g/mol. The van der Waals surface area contributed by atoms with Crippen LogP contribution in [0.5, 0.6) is 5.75 Å². The zero-order chi connectivity index (χ0) is 12.3. The van der Waals surface area contributed by atoms with Crippen LogP contribution in [0.25, 0.3) is 11.1 Å². The molecule has 3 heteroatoms. The second-order valence-corrected chi connectivity index (χ2v) is 4.08. The van der Waals surface area contributed by atoms with Crippen LogP contribution in [-0.4, -0.2) is 11.1 Å². The number of ether oxygens (including phenoxy) is 1. The molecule has 0 radical (unpaired) electrons. The first-order chi connectivity index (χ1) is 8.15. The van der Waals surface area contributed by atoms with Crippen LogP contribution >= 0.6 is 0 Å². The molecule has 1 heterocycles. The Morgan fingerprint density at radius 1 is 1.06 bits per heavy atom. The number of nitrogens with zero attached hydrogens (tertiary/aromatic N) is 1. The fraction of sp³-hybridized carbons (Fsp3) is 0.214. The van der Waals surface area contributed by atoms with E-state index in [9.17, 15) is 4.39 Å². The Labute approximate surface area is 100 Å². The number of halogens is 1. The zero-order valence-electron chi connectivity index (χ0n) is 9.85. The summed E-state index contributed by atoms with van der Waals surface area (Å²) >= 11 is 0. The highest BCUT2D eigenvalue weighted by atomic mass is 19.1. The van der Waals surface area contributed by atoms with E-state index in [1.807, 2.05) is 19.9 Å². The van der Waals surface area contributed by atoms with Gasteiger partial charge in [-0.25, -0.2) is 4.39 Å². The zero-order valence-corrected chi connectivity index (χ0v) is 9.85. The van der Waals surface area contributed by atoms with E-state index >= 15 is 0 Å². The molecule has 0 N–H and O–H groups in total. The van der Waals surface area contributed by atoms with Crippen LogP contribution in [0.3, 0.4) is 0 Å². The molecule has 0 fully saturated rings. The van der Waals surface area contributed by atoms with Gasteiger partial charge in [0.2, 0.25) is 0 Å². The molecule has 0 aliphatic heterocycles. The predicted molar refractivity (Wildman–Crippen MR) is 65.4 cm³/mol. The normalized spacial score (nSPS) is 10.6. The SMILES string of the molecule is CC(C)Oc1cncc(-c2ccc(F)cc2)c1. The van der Waals surface area contributed by atoms with E-state index in [0.29, 0.717) is 0 Å². The average molecular weight is 231 g/mol. The second kappa shape index (κ2) is 4.95. The number of hydrogen-bond acceptors (Lipinski definition) is 2. The van der Waals surface area contributed by atoms with Crippen molar-refractivity contribution in [3.05, 3.63) is 48.5 Å². The Hall–Kier alpha value is -1.90. The molecule has 0 saturated carbocycles. The number of hydrogen-bond donors (Lipinski definition) is 0. The second-order valence-electron chi connectivity index (χ2n) is 4.08. The van der Waals surface area contributed by atoms with Crippen LogP contribution in [0.15, 0.2) is 42.7 Å². The number of rotatable bonds is 3. The fourth-order valence-electron chi connectivity index (χ4n) is 1.56. The Kier molecular flexibility index (Phi) is 3.38. The van der Waals surface area contributed by atoms with Gasteiger partial charge >= 0.3 is 0 Å². The lowest BCUT2D eigenvalue weighted by atomic mass is 10.1. The van der Waals surface area contributed by atoms with Crippen molar-refractivity contribution in [2.24, 2.45) is 0 Å². The lowest BCUT2D eigenvalue weighted by Gasteiger charge is -2.10. The summed E-state index contributed by atoms with van der Waals surface area (Å²) in [5.74, 6) is 0.484.